The molecule has 2 aliphatic rings. The summed E-state index contributed by atoms with van der Waals surface area (Å²) in [6, 6.07) is 17.5. The Labute approximate surface area is 463 Å². The Morgan fingerprint density at radius 1 is 0.766 bits per heavy atom. The van der Waals surface area contributed by atoms with Crippen LogP contribution in [0, 0.1) is 0 Å². The number of thiazole rings is 2. The number of benzene rings is 2. The summed E-state index contributed by atoms with van der Waals surface area (Å²) in [4.78, 5) is 65.8. The molecule has 77 heavy (non-hydrogen) atoms. The van der Waals surface area contributed by atoms with Crippen LogP contribution in [0.15, 0.2) is 96.2 Å². The highest BCUT2D eigenvalue weighted by atomic mass is 35.5. The van der Waals surface area contributed by atoms with Gasteiger partial charge in [0.05, 0.1) is 38.2 Å². The van der Waals surface area contributed by atoms with Crippen LogP contribution in [0.1, 0.15) is 77.7 Å². The summed E-state index contributed by atoms with van der Waals surface area (Å²) < 4.78 is 25.5. The number of rotatable bonds is 11. The van der Waals surface area contributed by atoms with E-state index in [1.807, 2.05) is 143 Å². The van der Waals surface area contributed by atoms with Crippen molar-refractivity contribution >= 4 is 62.5 Å². The number of nitrogens with zero attached hydrogens (tertiary/aromatic N) is 9. The average Bonchev–Trinajstić information content (AvgIpc) is 4.22. The number of ketones is 1. The number of amides is 2. The van der Waals surface area contributed by atoms with Crippen molar-refractivity contribution in [1.29, 1.82) is 0 Å². The van der Waals surface area contributed by atoms with Crippen molar-refractivity contribution < 1.29 is 50.7 Å². The molecule has 2 atom stereocenters. The van der Waals surface area contributed by atoms with Crippen molar-refractivity contribution in [3.63, 3.8) is 0 Å². The second-order valence-corrected chi connectivity index (χ2v) is 22.1. The van der Waals surface area contributed by atoms with E-state index >= 15 is 0 Å². The van der Waals surface area contributed by atoms with Crippen LogP contribution < -0.4 is 43.7 Å². The van der Waals surface area contributed by atoms with Crippen molar-refractivity contribution in [2.24, 2.45) is 11.5 Å². The Hall–Kier alpha value is -7.43. The smallest absolute Gasteiger partial charge is 0.410 e. The first-order valence-corrected chi connectivity index (χ1v) is 26.7. The van der Waals surface area contributed by atoms with E-state index in [0.717, 1.165) is 81.9 Å². The van der Waals surface area contributed by atoms with Gasteiger partial charge >= 0.3 is 18.1 Å². The molecule has 0 bridgehead atoms. The van der Waals surface area contributed by atoms with Crippen molar-refractivity contribution in [3.8, 4) is 45.4 Å². The maximum Gasteiger partial charge on any atom is 0.410 e. The Kier molecular flexibility index (Phi) is 19.9. The number of fused-ring (bicyclic) bond motifs is 2. The molecule has 7 heterocycles. The fraction of sp³-hybridized carbons (Fsp3) is 0.407. The van der Waals surface area contributed by atoms with Crippen LogP contribution in [-0.4, -0.2) is 145 Å². The van der Waals surface area contributed by atoms with E-state index in [0.29, 0.717) is 37.0 Å². The highest BCUT2D eigenvalue weighted by molar-refractivity contribution is 7.15. The molecule has 2 aliphatic heterocycles. The van der Waals surface area contributed by atoms with Gasteiger partial charge in [0.15, 0.2) is 9.92 Å². The number of allylic oxidation sites excluding steroid dienone is 1. The van der Waals surface area contributed by atoms with Gasteiger partial charge in [-0.05, 0) is 97.6 Å². The van der Waals surface area contributed by atoms with E-state index in [1.165, 1.54) is 11.3 Å². The first-order valence-electron chi connectivity index (χ1n) is 25.0. The number of methoxy groups -OCH3 is 2. The first kappa shape index (κ1) is 58.8. The molecule has 2 fully saturated rings. The molecule has 2 aromatic carbocycles. The summed E-state index contributed by atoms with van der Waals surface area (Å²) in [6.07, 6.45) is 12.0. The quantitative estimate of drug-likeness (QED) is 0.0608. The lowest BCUT2D eigenvalue weighted by Crippen LogP contribution is -3.00. The first-order chi connectivity index (χ1) is 36.2. The molecular formula is C54H70ClN13O7S2. The van der Waals surface area contributed by atoms with E-state index in [1.54, 1.807) is 53.8 Å². The average molecular weight is 1110 g/mol. The molecule has 2 saturated heterocycles. The summed E-state index contributed by atoms with van der Waals surface area (Å²) in [5, 5.41) is 7.36. The van der Waals surface area contributed by atoms with Gasteiger partial charge in [0.25, 0.3) is 0 Å². The molecule has 6 N–H and O–H groups in total. The zero-order chi connectivity index (χ0) is 54.7. The van der Waals surface area contributed by atoms with Crippen molar-refractivity contribution in [2.45, 2.75) is 90.5 Å². The Balaban J connectivity index is 0.000000202. The summed E-state index contributed by atoms with van der Waals surface area (Å²) in [6.45, 7) is 13.7. The largest absolute Gasteiger partial charge is 1.00 e. The van der Waals surface area contributed by atoms with Gasteiger partial charge in [-0.15, -0.1) is 22.7 Å². The van der Waals surface area contributed by atoms with Crippen LogP contribution >= 0.6 is 22.7 Å². The highest BCUT2D eigenvalue weighted by Gasteiger charge is 2.30. The van der Waals surface area contributed by atoms with Crippen molar-refractivity contribution in [1.82, 2.24) is 43.4 Å². The molecule has 0 saturated carbocycles. The molecule has 20 nitrogen and oxygen atoms in total. The van der Waals surface area contributed by atoms with Gasteiger partial charge in [-0.1, -0.05) is 24.3 Å². The Morgan fingerprint density at radius 3 is 1.91 bits per heavy atom. The number of piperidine rings is 2. The minimum absolute atomic E-state index is 0. The summed E-state index contributed by atoms with van der Waals surface area (Å²) in [7, 11) is 7.03. The van der Waals surface area contributed by atoms with Crippen LogP contribution in [-0.2, 0) is 9.47 Å². The molecule has 2 amide bonds. The number of anilines is 1. The lowest BCUT2D eigenvalue weighted by atomic mass is 10.1. The number of hydrogen-bond donors (Lipinski definition) is 4. The maximum absolute atomic E-state index is 12.7. The van der Waals surface area contributed by atoms with Gasteiger partial charge in [-0.3, -0.25) is 30.1 Å². The SMILES string of the molecule is CC(C)(C)OC(=O)N1CCC[C@@H]([NH+]=C(N)N)C1.COc1cccc(-c2nc3sccn3c2-c2ccnc(N[C@@H]3CCCN(C(=O)OC(C)(C)C)C3)n2)c1.COc1cccc(-c2nc3sccn3c2C(=O)C=CN(C)C)c1.[Cl-]. The second kappa shape index (κ2) is 26.1. The molecule has 0 spiro atoms. The normalized spacial score (nSPS) is 15.6. The fourth-order valence-corrected chi connectivity index (χ4v) is 9.87. The lowest BCUT2D eigenvalue weighted by Gasteiger charge is -2.34. The topological polar surface area (TPSA) is 236 Å². The summed E-state index contributed by atoms with van der Waals surface area (Å²) >= 11 is 3.08. The number of nitrogens with one attached hydrogen (secondary N) is 2. The number of likely N-dealkylation sites (tertiary alicyclic amines) is 2. The zero-order valence-electron chi connectivity index (χ0n) is 45.3. The molecule has 7 aromatic rings. The zero-order valence-corrected chi connectivity index (χ0v) is 47.7. The standard InChI is InChI=1S/C26H30N6O3S.C17H17N3O2S.C11H22N4O2.ClH/c1-26(2,3)35-25(33)31-12-6-8-18(16-31)28-23-27-11-10-20(29-23)22-21(30-24-32(22)13-14-36-24)17-7-5-9-19(15-17)34-4;1-19(2)8-7-14(21)16-15(18-17-20(16)9-10-23-17)12-5-4-6-13(11-12)22-3;1-11(2,3)17-10(16)15-6-4-5-8(7-15)14-9(12)13;/h5,7,9-11,13-15,18H,6,8,12,16H2,1-4H3,(H,27,28,29);4-11H,1-3H3;8H,4-7H2,1-3H3,(H4,12,13,14);1H/t18-;;8-;/m1.1./s1. The highest BCUT2D eigenvalue weighted by Crippen LogP contribution is 2.35. The fourth-order valence-electron chi connectivity index (χ4n) is 8.44. The molecule has 5 aromatic heterocycles. The third-order valence-corrected chi connectivity index (χ3v) is 13.2. The van der Waals surface area contributed by atoms with Crippen LogP contribution in [0.3, 0.4) is 0 Å². The lowest BCUT2D eigenvalue weighted by molar-refractivity contribution is -0.508. The molecular weight excluding hydrogens is 1040 g/mol. The number of imidazole rings is 2. The number of nitrogens with two attached hydrogens (primary N) is 2. The minimum Gasteiger partial charge on any atom is -1.00 e. The van der Waals surface area contributed by atoms with Gasteiger partial charge < -0.3 is 51.4 Å². The van der Waals surface area contributed by atoms with E-state index in [-0.39, 0.29) is 48.4 Å². The van der Waals surface area contributed by atoms with E-state index in [9.17, 15) is 14.4 Å². The molecule has 0 aliphatic carbocycles. The third kappa shape index (κ3) is 16.1. The number of aromatic nitrogens is 6. The summed E-state index contributed by atoms with van der Waals surface area (Å²) in [5.74, 6) is 2.14. The molecule has 9 rings (SSSR count). The number of ether oxygens (including phenoxy) is 4. The van der Waals surface area contributed by atoms with Crippen LogP contribution in [0.4, 0.5) is 15.5 Å². The van der Waals surface area contributed by atoms with Crippen molar-refractivity contribution in [2.75, 3.05) is 59.8 Å². The van der Waals surface area contributed by atoms with Gasteiger partial charge in [-0.25, -0.2) is 29.5 Å². The van der Waals surface area contributed by atoms with Crippen LogP contribution in [0.25, 0.3) is 43.8 Å². The number of carbonyl (C=O) groups is 3. The predicted octanol–water partition coefficient (Wildman–Crippen LogP) is 4.41. The predicted molar refractivity (Wildman–Crippen MR) is 298 cm³/mol. The number of carbonyl (C=O) groups excluding carboxylic acids is 3. The molecule has 0 unspecified atom stereocenters. The van der Waals surface area contributed by atoms with E-state index in [4.69, 9.17) is 40.4 Å². The van der Waals surface area contributed by atoms with Gasteiger partial charge in [-0.2, -0.15) is 0 Å². The molecule has 23 heteroatoms. The van der Waals surface area contributed by atoms with Gasteiger partial charge in [0.1, 0.15) is 39.8 Å². The minimum atomic E-state index is -0.520. The second-order valence-electron chi connectivity index (χ2n) is 20.4. The molecule has 412 valence electrons. The van der Waals surface area contributed by atoms with Crippen molar-refractivity contribution in [3.05, 3.63) is 102 Å². The Bertz CT molecular complexity index is 3170. The van der Waals surface area contributed by atoms with Gasteiger partial charge in [0.2, 0.25) is 11.7 Å². The maximum atomic E-state index is 12.7. The van der Waals surface area contributed by atoms with E-state index in [2.05, 4.69) is 24.7 Å². The number of halogens is 1. The van der Waals surface area contributed by atoms with Crippen LogP contribution in [0.2, 0.25) is 0 Å². The summed E-state index contributed by atoms with van der Waals surface area (Å²) in [5.41, 5.74) is 15.3. The van der Waals surface area contributed by atoms with E-state index < -0.39 is 11.2 Å². The van der Waals surface area contributed by atoms with Gasteiger partial charge in [0, 0.05) is 92.5 Å². The monoisotopic (exact) mass is 1110 g/mol. The number of guanidine groups is 1. The number of hydrogen-bond acceptors (Lipinski definition) is 15. The Morgan fingerprint density at radius 2 is 1.32 bits per heavy atom. The molecule has 0 radical (unpaired) electrons. The third-order valence-electron chi connectivity index (χ3n) is 11.7. The van der Waals surface area contributed by atoms with Crippen LogP contribution in [0.5, 0.6) is 11.5 Å².